The number of halogens is 12. The van der Waals surface area contributed by atoms with Crippen molar-refractivity contribution in [2.75, 3.05) is 0 Å². The molecule has 1 aromatic heterocycles. The number of benzene rings is 3. The van der Waals surface area contributed by atoms with Crippen LogP contribution in [0.1, 0.15) is 45.7 Å². The number of thiazole rings is 1. The summed E-state index contributed by atoms with van der Waals surface area (Å²) in [6.07, 6.45) is -18.6. The normalized spacial score (nSPS) is 14.5. The van der Waals surface area contributed by atoms with E-state index in [9.17, 15) is 52.7 Å². The Kier molecular flexibility index (Phi) is 7.97. The Bertz CT molecular complexity index is 1630. The highest BCUT2D eigenvalue weighted by molar-refractivity contribution is 7.73. The first-order valence-electron chi connectivity index (χ1n) is 12.7. The third-order valence-electron chi connectivity index (χ3n) is 7.11. The molecule has 4 aromatic rings. The summed E-state index contributed by atoms with van der Waals surface area (Å²) in [6.45, 7) is 0. The van der Waals surface area contributed by atoms with Crippen LogP contribution in [0, 0.1) is 3.95 Å². The summed E-state index contributed by atoms with van der Waals surface area (Å²) in [5, 5.41) is 0. The summed E-state index contributed by atoms with van der Waals surface area (Å²) in [6, 6.07) is 5.10. The Morgan fingerprint density at radius 2 is 0.955 bits per heavy atom. The quantitative estimate of drug-likeness (QED) is 0.155. The fourth-order valence-corrected chi connectivity index (χ4v) is 6.73. The molecule has 0 aliphatic heterocycles. The van der Waals surface area contributed by atoms with Gasteiger partial charge in [-0.15, -0.1) is 11.3 Å². The summed E-state index contributed by atoms with van der Waals surface area (Å²) >= 11 is 6.63. The van der Waals surface area contributed by atoms with Crippen molar-refractivity contribution in [1.82, 2.24) is 4.57 Å². The standard InChI is InChI=1S/C29H17F12NS2/c30-26(31,32)16-8-14(9-17(12-16)27(33,34)35)20-4-3-5-21(24(20)42-22-6-1-2-7-23(22)44-25(42)43)15-10-18(28(36,37)38)13-19(11-15)29(39,40)41/h3-5,8-13H,1-2,6-7H2. The lowest BCUT2D eigenvalue weighted by Gasteiger charge is -2.23. The predicted octanol–water partition coefficient (Wildman–Crippen LogP) is 11.6. The van der Waals surface area contributed by atoms with Gasteiger partial charge in [0.1, 0.15) is 0 Å². The highest BCUT2D eigenvalue weighted by atomic mass is 32.1. The first-order valence-corrected chi connectivity index (χ1v) is 13.9. The Balaban J connectivity index is 1.92. The topological polar surface area (TPSA) is 4.93 Å². The largest absolute Gasteiger partial charge is 0.416 e. The number of nitrogens with zero attached hydrogens (tertiary/aromatic N) is 1. The van der Waals surface area contributed by atoms with Crippen LogP contribution in [-0.2, 0) is 37.5 Å². The molecule has 1 aliphatic rings. The zero-order chi connectivity index (χ0) is 32.4. The van der Waals surface area contributed by atoms with Crippen LogP contribution in [0.3, 0.4) is 0 Å². The van der Waals surface area contributed by atoms with E-state index in [0.717, 1.165) is 40.8 Å². The van der Waals surface area contributed by atoms with Gasteiger partial charge in [0.15, 0.2) is 3.95 Å². The Labute approximate surface area is 250 Å². The second kappa shape index (κ2) is 10.9. The molecule has 0 saturated carbocycles. The zero-order valence-electron chi connectivity index (χ0n) is 21.8. The molecule has 3 aromatic carbocycles. The average Bonchev–Trinajstić information content (AvgIpc) is 3.25. The first kappa shape index (κ1) is 32.1. The predicted molar refractivity (Wildman–Crippen MR) is 142 cm³/mol. The fourth-order valence-electron chi connectivity index (χ4n) is 5.17. The molecule has 0 N–H and O–H groups in total. The third kappa shape index (κ3) is 6.25. The number of alkyl halides is 12. The highest BCUT2D eigenvalue weighted by Gasteiger charge is 2.39. The maximum Gasteiger partial charge on any atom is 0.416 e. The number of para-hydroxylation sites is 1. The van der Waals surface area contributed by atoms with Gasteiger partial charge in [0.2, 0.25) is 0 Å². The SMILES string of the molecule is FC(F)(F)c1cc(-c2cccc(-c3cc(C(F)(F)F)cc(C(F)(F)F)c3)c2-n2c3c(sc2=S)CCCC3)cc(C(F)(F)F)c1. The molecule has 1 aliphatic carbocycles. The van der Waals surface area contributed by atoms with Crippen molar-refractivity contribution in [2.45, 2.75) is 50.4 Å². The lowest BCUT2D eigenvalue weighted by atomic mass is 9.91. The number of aromatic nitrogens is 1. The number of hydrogen-bond donors (Lipinski definition) is 0. The van der Waals surface area contributed by atoms with E-state index in [4.69, 9.17) is 12.2 Å². The number of rotatable bonds is 3. The first-order chi connectivity index (χ1) is 20.2. The average molecular weight is 672 g/mol. The van der Waals surface area contributed by atoms with Crippen molar-refractivity contribution in [3.05, 3.63) is 91.4 Å². The van der Waals surface area contributed by atoms with Gasteiger partial charge in [0.25, 0.3) is 0 Å². The third-order valence-corrected chi connectivity index (χ3v) is 8.59. The summed E-state index contributed by atoms with van der Waals surface area (Å²) in [4.78, 5) is 0.752. The summed E-state index contributed by atoms with van der Waals surface area (Å²) in [7, 11) is 0. The van der Waals surface area contributed by atoms with Crippen molar-refractivity contribution in [3.63, 3.8) is 0 Å². The molecule has 0 bridgehead atoms. The van der Waals surface area contributed by atoms with E-state index in [1.54, 1.807) is 0 Å². The molecular weight excluding hydrogens is 654 g/mol. The minimum Gasteiger partial charge on any atom is -0.294 e. The smallest absolute Gasteiger partial charge is 0.294 e. The molecule has 0 radical (unpaired) electrons. The van der Waals surface area contributed by atoms with Crippen molar-refractivity contribution < 1.29 is 52.7 Å². The van der Waals surface area contributed by atoms with Crippen molar-refractivity contribution >= 4 is 23.6 Å². The van der Waals surface area contributed by atoms with Crippen LogP contribution in [0.2, 0.25) is 0 Å². The van der Waals surface area contributed by atoms with E-state index in [1.807, 2.05) is 0 Å². The van der Waals surface area contributed by atoms with Crippen LogP contribution in [-0.4, -0.2) is 4.57 Å². The number of aryl methyl sites for hydroxylation is 1. The van der Waals surface area contributed by atoms with E-state index in [0.29, 0.717) is 49.2 Å². The van der Waals surface area contributed by atoms with Gasteiger partial charge in [0, 0.05) is 21.7 Å². The maximum absolute atomic E-state index is 13.8. The molecule has 0 spiro atoms. The second-order valence-corrected chi connectivity index (χ2v) is 11.8. The molecule has 0 unspecified atom stereocenters. The lowest BCUT2D eigenvalue weighted by Crippen LogP contribution is -2.13. The molecule has 0 amide bonds. The molecule has 0 saturated heterocycles. The summed E-state index contributed by atoms with van der Waals surface area (Å²) in [5.41, 5.74) is -8.08. The highest BCUT2D eigenvalue weighted by Crippen LogP contribution is 2.46. The molecule has 1 heterocycles. The van der Waals surface area contributed by atoms with Crippen LogP contribution in [0.15, 0.2) is 54.6 Å². The fraction of sp³-hybridized carbons (Fsp3) is 0.276. The van der Waals surface area contributed by atoms with Gasteiger partial charge in [-0.2, -0.15) is 52.7 Å². The summed E-state index contributed by atoms with van der Waals surface area (Å²) < 4.78 is 167. The second-order valence-electron chi connectivity index (χ2n) is 10.1. The Hall–Kier alpha value is -3.33. The van der Waals surface area contributed by atoms with Crippen molar-refractivity contribution in [2.24, 2.45) is 0 Å². The van der Waals surface area contributed by atoms with Gasteiger partial charge in [-0.3, -0.25) is 4.57 Å². The molecule has 0 atom stereocenters. The van der Waals surface area contributed by atoms with Gasteiger partial charge in [0.05, 0.1) is 27.9 Å². The van der Waals surface area contributed by atoms with Crippen molar-refractivity contribution in [1.29, 1.82) is 0 Å². The Morgan fingerprint density at radius 3 is 1.34 bits per heavy atom. The van der Waals surface area contributed by atoms with Gasteiger partial charge in [-0.1, -0.05) is 18.2 Å². The monoisotopic (exact) mass is 671 g/mol. The van der Waals surface area contributed by atoms with Crippen molar-refractivity contribution in [3.8, 4) is 27.9 Å². The van der Waals surface area contributed by atoms with E-state index in [-0.39, 0.29) is 32.9 Å². The summed E-state index contributed by atoms with van der Waals surface area (Å²) in [5.74, 6) is 0. The van der Waals surface area contributed by atoms with E-state index in [1.165, 1.54) is 4.57 Å². The van der Waals surface area contributed by atoms with Crippen LogP contribution < -0.4 is 0 Å². The minimum absolute atomic E-state index is 0.0758. The molecule has 1 nitrogen and oxygen atoms in total. The van der Waals surface area contributed by atoms with Crippen LogP contribution in [0.4, 0.5) is 52.7 Å². The maximum atomic E-state index is 13.8. The number of fused-ring (bicyclic) bond motifs is 1. The van der Waals surface area contributed by atoms with Gasteiger partial charge < -0.3 is 0 Å². The lowest BCUT2D eigenvalue weighted by molar-refractivity contribution is -0.144. The molecule has 15 heteroatoms. The van der Waals surface area contributed by atoms with E-state index < -0.39 is 58.1 Å². The van der Waals surface area contributed by atoms with Gasteiger partial charge in [-0.05, 0) is 85.4 Å². The Morgan fingerprint density at radius 1 is 0.568 bits per heavy atom. The van der Waals surface area contributed by atoms with Crippen LogP contribution in [0.25, 0.3) is 27.9 Å². The molecule has 0 fully saturated rings. The van der Waals surface area contributed by atoms with E-state index >= 15 is 0 Å². The van der Waals surface area contributed by atoms with Crippen LogP contribution >= 0.6 is 23.6 Å². The number of hydrogen-bond acceptors (Lipinski definition) is 2. The van der Waals surface area contributed by atoms with Gasteiger partial charge in [-0.25, -0.2) is 0 Å². The van der Waals surface area contributed by atoms with E-state index in [2.05, 4.69) is 0 Å². The molecular formula is C29H17F12NS2. The molecule has 5 rings (SSSR count). The van der Waals surface area contributed by atoms with Gasteiger partial charge >= 0.3 is 24.7 Å². The minimum atomic E-state index is -5.21. The molecule has 234 valence electrons. The molecule has 44 heavy (non-hydrogen) atoms. The van der Waals surface area contributed by atoms with Crippen LogP contribution in [0.5, 0.6) is 0 Å². The zero-order valence-corrected chi connectivity index (χ0v) is 23.5.